The van der Waals surface area contributed by atoms with Gasteiger partial charge in [0.2, 0.25) is 10.0 Å². The van der Waals surface area contributed by atoms with Crippen LogP contribution in [-0.2, 0) is 16.4 Å². The predicted octanol–water partition coefficient (Wildman–Crippen LogP) is 2.31. The molecular formula is C16H26N2O2S. The van der Waals surface area contributed by atoms with Gasteiger partial charge in [-0.25, -0.2) is 13.1 Å². The fourth-order valence-electron chi connectivity index (χ4n) is 2.55. The molecule has 0 radical (unpaired) electrons. The number of benzene rings is 1. The molecule has 1 fully saturated rings. The van der Waals surface area contributed by atoms with Crippen LogP contribution >= 0.6 is 0 Å². The molecule has 1 aromatic rings. The molecule has 0 aliphatic heterocycles. The normalized spacial score (nSPS) is 17.4. The van der Waals surface area contributed by atoms with Gasteiger partial charge in [-0.2, -0.15) is 0 Å². The smallest absolute Gasteiger partial charge is 0.240 e. The Labute approximate surface area is 128 Å². The fraction of sp³-hybridized carbons (Fsp3) is 0.625. The summed E-state index contributed by atoms with van der Waals surface area (Å²) in [6, 6.07) is 7.20. The highest BCUT2D eigenvalue weighted by Crippen LogP contribution is 2.39. The highest BCUT2D eigenvalue weighted by atomic mass is 32.2. The van der Waals surface area contributed by atoms with Crippen molar-refractivity contribution in [1.29, 1.82) is 0 Å². The summed E-state index contributed by atoms with van der Waals surface area (Å²) in [5, 5.41) is 3.26. The zero-order valence-corrected chi connectivity index (χ0v) is 13.8. The highest BCUT2D eigenvalue weighted by molar-refractivity contribution is 7.89. The molecule has 0 bridgehead atoms. The van der Waals surface area contributed by atoms with Gasteiger partial charge >= 0.3 is 0 Å². The third-order valence-electron chi connectivity index (χ3n) is 4.32. The van der Waals surface area contributed by atoms with Crippen LogP contribution < -0.4 is 10.0 Å². The van der Waals surface area contributed by atoms with E-state index in [4.69, 9.17) is 0 Å². The van der Waals surface area contributed by atoms with Crippen LogP contribution in [0.3, 0.4) is 0 Å². The molecule has 1 saturated carbocycles. The first-order valence-electron chi connectivity index (χ1n) is 7.74. The summed E-state index contributed by atoms with van der Waals surface area (Å²) < 4.78 is 27.3. The van der Waals surface area contributed by atoms with Crippen LogP contribution in [0.1, 0.15) is 38.7 Å². The van der Waals surface area contributed by atoms with E-state index in [1.54, 1.807) is 12.1 Å². The first-order valence-corrected chi connectivity index (χ1v) is 9.23. The molecule has 0 unspecified atom stereocenters. The van der Waals surface area contributed by atoms with E-state index < -0.39 is 10.0 Å². The Morgan fingerprint density at radius 3 is 2.38 bits per heavy atom. The Kier molecular flexibility index (Phi) is 5.41. The third-order valence-corrected chi connectivity index (χ3v) is 5.74. The molecular weight excluding hydrogens is 284 g/mol. The van der Waals surface area contributed by atoms with Gasteiger partial charge in [0.05, 0.1) is 4.90 Å². The maximum absolute atomic E-state index is 12.3. The van der Waals surface area contributed by atoms with Crippen molar-refractivity contribution in [2.75, 3.05) is 19.6 Å². The van der Waals surface area contributed by atoms with Crippen LogP contribution in [0.15, 0.2) is 29.2 Å². The maximum Gasteiger partial charge on any atom is 0.240 e. The zero-order chi connectivity index (χ0) is 15.3. The lowest BCUT2D eigenvalue weighted by molar-refractivity contribution is 0.166. The molecule has 0 spiro atoms. The summed E-state index contributed by atoms with van der Waals surface area (Å²) in [6.07, 6.45) is 4.34. The van der Waals surface area contributed by atoms with Gasteiger partial charge in [0, 0.05) is 6.54 Å². The van der Waals surface area contributed by atoms with E-state index in [1.165, 1.54) is 6.42 Å². The molecule has 0 aromatic heterocycles. The summed E-state index contributed by atoms with van der Waals surface area (Å²) in [5.74, 6) is 0. The molecule has 0 saturated heterocycles. The number of nitrogens with one attached hydrogen (secondary N) is 2. The van der Waals surface area contributed by atoms with E-state index in [0.717, 1.165) is 37.9 Å². The summed E-state index contributed by atoms with van der Waals surface area (Å²) in [4.78, 5) is 0.359. The van der Waals surface area contributed by atoms with Gasteiger partial charge in [-0.15, -0.1) is 0 Å². The molecule has 2 N–H and O–H groups in total. The van der Waals surface area contributed by atoms with Gasteiger partial charge in [0.15, 0.2) is 0 Å². The van der Waals surface area contributed by atoms with Crippen molar-refractivity contribution >= 4 is 10.0 Å². The summed E-state index contributed by atoms with van der Waals surface area (Å²) in [6.45, 7) is 6.62. The zero-order valence-electron chi connectivity index (χ0n) is 13.0. The van der Waals surface area contributed by atoms with E-state index in [9.17, 15) is 8.42 Å². The molecule has 21 heavy (non-hydrogen) atoms. The Balaban J connectivity index is 1.93. The minimum atomic E-state index is -3.38. The summed E-state index contributed by atoms with van der Waals surface area (Å²) in [7, 11) is -3.38. The van der Waals surface area contributed by atoms with Crippen molar-refractivity contribution in [3.63, 3.8) is 0 Å². The summed E-state index contributed by atoms with van der Waals surface area (Å²) >= 11 is 0. The van der Waals surface area contributed by atoms with Gasteiger partial charge in [0.1, 0.15) is 0 Å². The van der Waals surface area contributed by atoms with Crippen molar-refractivity contribution in [1.82, 2.24) is 10.0 Å². The Morgan fingerprint density at radius 2 is 1.86 bits per heavy atom. The fourth-order valence-corrected chi connectivity index (χ4v) is 3.75. The maximum atomic E-state index is 12.3. The van der Waals surface area contributed by atoms with E-state index in [2.05, 4.69) is 23.9 Å². The van der Waals surface area contributed by atoms with Crippen LogP contribution in [0.25, 0.3) is 0 Å². The van der Waals surface area contributed by atoms with Gasteiger partial charge in [0.25, 0.3) is 0 Å². The average Bonchev–Trinajstić information content (AvgIpc) is 2.44. The SMILES string of the molecule is CCNCCc1ccc(S(=O)(=O)NCC2(C)CCC2)cc1. The van der Waals surface area contributed by atoms with Crippen LogP contribution in [0.2, 0.25) is 0 Å². The second kappa shape index (κ2) is 6.90. The van der Waals surface area contributed by atoms with E-state index >= 15 is 0 Å². The molecule has 1 aromatic carbocycles. The van der Waals surface area contributed by atoms with Gasteiger partial charge in [-0.05, 0) is 55.5 Å². The first kappa shape index (κ1) is 16.5. The van der Waals surface area contributed by atoms with Gasteiger partial charge < -0.3 is 5.32 Å². The minimum Gasteiger partial charge on any atom is -0.317 e. The lowest BCUT2D eigenvalue weighted by atomic mass is 9.71. The molecule has 5 heteroatoms. The highest BCUT2D eigenvalue weighted by Gasteiger charge is 2.32. The van der Waals surface area contributed by atoms with Crippen LogP contribution in [0.4, 0.5) is 0 Å². The molecule has 1 aliphatic rings. The molecule has 0 amide bonds. The van der Waals surface area contributed by atoms with E-state index in [1.807, 2.05) is 12.1 Å². The van der Waals surface area contributed by atoms with Crippen molar-refractivity contribution < 1.29 is 8.42 Å². The quantitative estimate of drug-likeness (QED) is 0.724. The Hall–Kier alpha value is -0.910. The van der Waals surface area contributed by atoms with Crippen molar-refractivity contribution in [2.24, 2.45) is 5.41 Å². The monoisotopic (exact) mass is 310 g/mol. The topological polar surface area (TPSA) is 58.2 Å². The van der Waals surface area contributed by atoms with Crippen LogP contribution in [-0.4, -0.2) is 28.1 Å². The molecule has 1 aliphatic carbocycles. The molecule has 0 heterocycles. The third kappa shape index (κ3) is 4.53. The number of hydrogen-bond acceptors (Lipinski definition) is 3. The summed E-state index contributed by atoms with van der Waals surface area (Å²) in [5.41, 5.74) is 1.31. The predicted molar refractivity (Wildman–Crippen MR) is 85.8 cm³/mol. The van der Waals surface area contributed by atoms with Crippen molar-refractivity contribution in [2.45, 2.75) is 44.4 Å². The average molecular weight is 310 g/mol. The second-order valence-corrected chi connectivity index (χ2v) is 8.00. The lowest BCUT2D eigenvalue weighted by Gasteiger charge is -2.38. The number of sulfonamides is 1. The Morgan fingerprint density at radius 1 is 1.19 bits per heavy atom. The van der Waals surface area contributed by atoms with Gasteiger partial charge in [-0.1, -0.05) is 32.4 Å². The van der Waals surface area contributed by atoms with E-state index in [-0.39, 0.29) is 5.41 Å². The molecule has 118 valence electrons. The number of likely N-dealkylation sites (N-methyl/N-ethyl adjacent to an activating group) is 1. The van der Waals surface area contributed by atoms with Crippen LogP contribution in [0, 0.1) is 5.41 Å². The number of rotatable bonds is 8. The van der Waals surface area contributed by atoms with Crippen molar-refractivity contribution in [3.8, 4) is 0 Å². The molecule has 4 nitrogen and oxygen atoms in total. The molecule has 0 atom stereocenters. The Bertz CT molecular complexity index is 548. The van der Waals surface area contributed by atoms with Gasteiger partial charge in [-0.3, -0.25) is 0 Å². The van der Waals surface area contributed by atoms with Crippen molar-refractivity contribution in [3.05, 3.63) is 29.8 Å². The lowest BCUT2D eigenvalue weighted by Crippen LogP contribution is -2.39. The first-order chi connectivity index (χ1) is 9.95. The standard InChI is InChI=1S/C16H26N2O2S/c1-3-17-12-9-14-5-7-15(8-6-14)21(19,20)18-13-16(2)10-4-11-16/h5-8,17-18H,3-4,9-13H2,1-2H3. The molecule has 2 rings (SSSR count). The second-order valence-electron chi connectivity index (χ2n) is 6.24. The largest absolute Gasteiger partial charge is 0.317 e. The van der Waals surface area contributed by atoms with Crippen LogP contribution in [0.5, 0.6) is 0 Å². The minimum absolute atomic E-state index is 0.152. The number of hydrogen-bond donors (Lipinski definition) is 2. The van der Waals surface area contributed by atoms with E-state index in [0.29, 0.717) is 11.4 Å².